The summed E-state index contributed by atoms with van der Waals surface area (Å²) in [5, 5.41) is 12.6. The highest BCUT2D eigenvalue weighted by Crippen LogP contribution is 2.24. The average Bonchev–Trinajstić information content (AvgIpc) is 3.16. The Kier molecular flexibility index (Phi) is 6.74. The second-order valence-corrected chi connectivity index (χ2v) is 7.29. The number of carbonyl (C=O) groups is 2. The van der Waals surface area contributed by atoms with Gasteiger partial charge >= 0.3 is 5.97 Å². The Balaban J connectivity index is 1.59. The van der Waals surface area contributed by atoms with Gasteiger partial charge in [0.05, 0.1) is 20.3 Å². The van der Waals surface area contributed by atoms with Crippen molar-refractivity contribution in [3.63, 3.8) is 0 Å². The second kappa shape index (κ2) is 9.45. The van der Waals surface area contributed by atoms with Crippen molar-refractivity contribution in [2.75, 3.05) is 13.7 Å². The molecule has 1 aromatic heterocycles. The Bertz CT molecular complexity index is 1020. The number of carboxylic acid groups (broad SMARTS) is 1. The van der Waals surface area contributed by atoms with Crippen molar-refractivity contribution in [1.29, 1.82) is 0 Å². The van der Waals surface area contributed by atoms with Crippen LogP contribution in [0.2, 0.25) is 0 Å². The maximum atomic E-state index is 12.5. The number of furan rings is 1. The topological polar surface area (TPSA) is 98.0 Å². The van der Waals surface area contributed by atoms with Gasteiger partial charge in [-0.1, -0.05) is 38.1 Å². The maximum absolute atomic E-state index is 12.5. The Labute approximate surface area is 174 Å². The van der Waals surface area contributed by atoms with Crippen molar-refractivity contribution in [2.45, 2.75) is 32.4 Å². The zero-order valence-electron chi connectivity index (χ0n) is 17.2. The van der Waals surface area contributed by atoms with E-state index in [0.29, 0.717) is 22.6 Å². The van der Waals surface area contributed by atoms with E-state index in [1.54, 1.807) is 31.4 Å². The van der Waals surface area contributed by atoms with E-state index in [4.69, 9.17) is 13.9 Å². The molecule has 0 aliphatic rings. The first-order valence-electron chi connectivity index (χ1n) is 9.65. The lowest BCUT2D eigenvalue weighted by molar-refractivity contribution is -0.141. The Hall–Kier alpha value is -3.32. The summed E-state index contributed by atoms with van der Waals surface area (Å²) >= 11 is 0. The van der Waals surface area contributed by atoms with Gasteiger partial charge in [0.1, 0.15) is 11.3 Å². The molecule has 0 aliphatic heterocycles. The van der Waals surface area contributed by atoms with Gasteiger partial charge in [-0.2, -0.15) is 0 Å². The third kappa shape index (κ3) is 5.18. The van der Waals surface area contributed by atoms with Crippen LogP contribution >= 0.6 is 0 Å². The zero-order valence-corrected chi connectivity index (χ0v) is 17.2. The van der Waals surface area contributed by atoms with Crippen LogP contribution in [0.25, 0.3) is 11.0 Å². The van der Waals surface area contributed by atoms with Crippen molar-refractivity contribution in [3.8, 4) is 5.75 Å². The molecule has 0 radical (unpaired) electrons. The first-order valence-corrected chi connectivity index (χ1v) is 9.65. The second-order valence-electron chi connectivity index (χ2n) is 7.29. The third-order valence-corrected chi connectivity index (χ3v) is 4.75. The first kappa shape index (κ1) is 21.4. The summed E-state index contributed by atoms with van der Waals surface area (Å²) in [4.78, 5) is 24.0. The van der Waals surface area contributed by atoms with Gasteiger partial charge in [-0.05, 0) is 41.3 Å². The lowest BCUT2D eigenvalue weighted by atomic mass is 10.0. The molecule has 1 amide bonds. The molecule has 3 aromatic rings. The number of carboxylic acids is 1. The fourth-order valence-corrected chi connectivity index (χ4v) is 2.96. The van der Waals surface area contributed by atoms with Gasteiger partial charge in [0.15, 0.2) is 11.8 Å². The molecule has 0 fully saturated rings. The maximum Gasteiger partial charge on any atom is 0.328 e. The number of amides is 1. The van der Waals surface area contributed by atoms with Gasteiger partial charge in [0.2, 0.25) is 0 Å². The molecule has 0 saturated heterocycles. The number of rotatable bonds is 9. The van der Waals surface area contributed by atoms with Crippen molar-refractivity contribution in [2.24, 2.45) is 0 Å². The number of nitrogens with one attached hydrogen (secondary N) is 1. The summed E-state index contributed by atoms with van der Waals surface area (Å²) in [5.74, 6) is -0.716. The number of ether oxygens (including phenoxy) is 2. The van der Waals surface area contributed by atoms with Crippen LogP contribution in [0.4, 0.5) is 0 Å². The average molecular weight is 411 g/mol. The van der Waals surface area contributed by atoms with Crippen molar-refractivity contribution < 1.29 is 28.6 Å². The van der Waals surface area contributed by atoms with Crippen molar-refractivity contribution in [1.82, 2.24) is 5.32 Å². The summed E-state index contributed by atoms with van der Waals surface area (Å²) < 4.78 is 16.2. The summed E-state index contributed by atoms with van der Waals surface area (Å²) in [6.45, 7) is 4.32. The Morgan fingerprint density at radius 1 is 1.10 bits per heavy atom. The third-order valence-electron chi connectivity index (χ3n) is 4.75. The van der Waals surface area contributed by atoms with Crippen LogP contribution in [0, 0.1) is 0 Å². The molecular weight excluding hydrogens is 386 g/mol. The molecule has 2 aromatic carbocycles. The number of carbonyl (C=O) groups excluding carboxylic acids is 1. The molecule has 2 N–H and O–H groups in total. The molecule has 30 heavy (non-hydrogen) atoms. The van der Waals surface area contributed by atoms with Crippen molar-refractivity contribution in [3.05, 3.63) is 65.4 Å². The molecule has 7 heteroatoms. The van der Waals surface area contributed by atoms with Gasteiger partial charge in [-0.15, -0.1) is 0 Å². The van der Waals surface area contributed by atoms with E-state index in [2.05, 4.69) is 19.2 Å². The summed E-state index contributed by atoms with van der Waals surface area (Å²) in [5.41, 5.74) is 2.66. The fraction of sp³-hybridized carbons (Fsp3) is 0.304. The van der Waals surface area contributed by atoms with Crippen LogP contribution < -0.4 is 10.1 Å². The van der Waals surface area contributed by atoms with E-state index in [1.165, 1.54) is 5.56 Å². The molecule has 158 valence electrons. The normalized spacial score (nSPS) is 12.1. The number of fused-ring (bicyclic) bond motifs is 1. The highest BCUT2D eigenvalue weighted by Gasteiger charge is 2.23. The van der Waals surface area contributed by atoms with Crippen LogP contribution in [0.5, 0.6) is 5.75 Å². The van der Waals surface area contributed by atoms with Crippen LogP contribution in [0.15, 0.2) is 52.9 Å². The van der Waals surface area contributed by atoms with E-state index in [1.807, 2.05) is 24.3 Å². The minimum Gasteiger partial charge on any atom is -0.497 e. The van der Waals surface area contributed by atoms with Crippen LogP contribution in [-0.4, -0.2) is 36.7 Å². The van der Waals surface area contributed by atoms with E-state index in [0.717, 1.165) is 5.56 Å². The van der Waals surface area contributed by atoms with E-state index in [9.17, 15) is 14.7 Å². The number of methoxy groups -OCH3 is 1. The molecule has 1 heterocycles. The molecule has 0 unspecified atom stereocenters. The summed E-state index contributed by atoms with van der Waals surface area (Å²) in [6, 6.07) is 13.4. The minimum absolute atomic E-state index is 0.0220. The monoisotopic (exact) mass is 411 g/mol. The molecule has 0 saturated carbocycles. The molecular formula is C23H25NO6. The lowest BCUT2D eigenvalue weighted by Gasteiger charge is -2.14. The molecule has 3 rings (SSSR count). The minimum atomic E-state index is -1.20. The highest BCUT2D eigenvalue weighted by molar-refractivity contribution is 5.98. The summed E-state index contributed by atoms with van der Waals surface area (Å²) in [6.07, 6.45) is 0. The van der Waals surface area contributed by atoms with E-state index >= 15 is 0 Å². The van der Waals surface area contributed by atoms with Crippen LogP contribution in [-0.2, 0) is 16.1 Å². The quantitative estimate of drug-likeness (QED) is 0.553. The zero-order chi connectivity index (χ0) is 21.7. The van der Waals surface area contributed by atoms with Gasteiger partial charge in [0.25, 0.3) is 5.91 Å². The predicted octanol–water partition coefficient (Wildman–Crippen LogP) is 3.96. The van der Waals surface area contributed by atoms with Gasteiger partial charge in [-0.25, -0.2) is 4.79 Å². The SMILES string of the molecule is COc1ccc2oc(C(=O)N[C@@H](COCc3ccc(C(C)C)cc3)C(=O)O)cc2c1. The number of benzene rings is 2. The summed E-state index contributed by atoms with van der Waals surface area (Å²) in [7, 11) is 1.55. The predicted molar refractivity (Wildman–Crippen MR) is 112 cm³/mol. The smallest absolute Gasteiger partial charge is 0.328 e. The molecule has 7 nitrogen and oxygen atoms in total. The van der Waals surface area contributed by atoms with Gasteiger partial charge < -0.3 is 24.3 Å². The Morgan fingerprint density at radius 3 is 2.47 bits per heavy atom. The lowest BCUT2D eigenvalue weighted by Crippen LogP contribution is -2.43. The highest BCUT2D eigenvalue weighted by atomic mass is 16.5. The molecule has 0 spiro atoms. The van der Waals surface area contributed by atoms with Gasteiger partial charge in [0, 0.05) is 5.39 Å². The largest absolute Gasteiger partial charge is 0.497 e. The number of hydrogen-bond acceptors (Lipinski definition) is 5. The number of aliphatic carboxylic acids is 1. The van der Waals surface area contributed by atoms with Crippen LogP contribution in [0.3, 0.4) is 0 Å². The standard InChI is InChI=1S/C23H25NO6/c1-14(2)16-6-4-15(5-7-16)12-29-13-19(23(26)27)24-22(25)21-11-17-10-18(28-3)8-9-20(17)30-21/h4-11,14,19H,12-13H2,1-3H3,(H,24,25)(H,26,27)/t19-/m0/s1. The Morgan fingerprint density at radius 2 is 1.83 bits per heavy atom. The molecule has 1 atom stereocenters. The first-order chi connectivity index (χ1) is 14.4. The van der Waals surface area contributed by atoms with E-state index in [-0.39, 0.29) is 19.0 Å². The van der Waals surface area contributed by atoms with E-state index < -0.39 is 17.9 Å². The fourth-order valence-electron chi connectivity index (χ4n) is 2.96. The van der Waals surface area contributed by atoms with Crippen molar-refractivity contribution >= 4 is 22.8 Å². The molecule has 0 bridgehead atoms. The molecule has 0 aliphatic carbocycles. The number of hydrogen-bond donors (Lipinski definition) is 2. The van der Waals surface area contributed by atoms with Gasteiger partial charge in [-0.3, -0.25) is 4.79 Å². The van der Waals surface area contributed by atoms with Crippen LogP contribution in [0.1, 0.15) is 41.4 Å².